The largest absolute Gasteiger partial charge is 0.394 e. The molecule has 0 radical (unpaired) electrons. The first-order valence-corrected chi connectivity index (χ1v) is 6.12. The van der Waals surface area contributed by atoms with Gasteiger partial charge in [0.05, 0.1) is 12.6 Å². The zero-order valence-corrected chi connectivity index (χ0v) is 11.1. The third-order valence-electron chi connectivity index (χ3n) is 2.34. The standard InChI is InChI=1S/C11H15BrN2O3/c1-2-9(7-15)13-10(16)6-14-5-8(12)3-4-11(14)17/h3-5,9,15H,2,6-7H2,1H3,(H,13,16). The molecule has 0 aromatic carbocycles. The van der Waals surface area contributed by atoms with Gasteiger partial charge in [-0.3, -0.25) is 9.59 Å². The highest BCUT2D eigenvalue weighted by atomic mass is 79.9. The number of rotatable bonds is 5. The van der Waals surface area contributed by atoms with Crippen molar-refractivity contribution in [1.82, 2.24) is 9.88 Å². The van der Waals surface area contributed by atoms with E-state index in [1.807, 2.05) is 6.92 Å². The predicted octanol–water partition coefficient (Wildman–Crippen LogP) is 0.498. The molecule has 1 aromatic rings. The number of aromatic nitrogens is 1. The van der Waals surface area contributed by atoms with E-state index in [1.165, 1.54) is 10.6 Å². The summed E-state index contributed by atoms with van der Waals surface area (Å²) in [6, 6.07) is 2.75. The highest BCUT2D eigenvalue weighted by Gasteiger charge is 2.10. The second-order valence-electron chi connectivity index (χ2n) is 3.67. The van der Waals surface area contributed by atoms with Crippen LogP contribution >= 0.6 is 15.9 Å². The number of hydrogen-bond donors (Lipinski definition) is 2. The maximum absolute atomic E-state index is 11.6. The molecule has 94 valence electrons. The van der Waals surface area contributed by atoms with Crippen molar-refractivity contribution in [2.24, 2.45) is 0 Å². The quantitative estimate of drug-likeness (QED) is 0.832. The minimum atomic E-state index is -0.286. The molecule has 0 saturated heterocycles. The number of nitrogens with one attached hydrogen (secondary N) is 1. The van der Waals surface area contributed by atoms with E-state index < -0.39 is 0 Å². The molecule has 6 heteroatoms. The summed E-state index contributed by atoms with van der Waals surface area (Å²) >= 11 is 3.23. The molecular weight excluding hydrogens is 288 g/mol. The molecule has 1 heterocycles. The van der Waals surface area contributed by atoms with E-state index in [0.717, 1.165) is 4.47 Å². The van der Waals surface area contributed by atoms with Crippen molar-refractivity contribution in [2.75, 3.05) is 6.61 Å². The molecule has 1 amide bonds. The maximum Gasteiger partial charge on any atom is 0.251 e. The summed E-state index contributed by atoms with van der Waals surface area (Å²) in [6.45, 7) is 1.72. The molecule has 2 N–H and O–H groups in total. The molecule has 0 aliphatic heterocycles. The lowest BCUT2D eigenvalue weighted by Gasteiger charge is -2.14. The summed E-state index contributed by atoms with van der Waals surface area (Å²) < 4.78 is 2.04. The molecule has 0 spiro atoms. The molecule has 0 fully saturated rings. The number of halogens is 1. The number of aliphatic hydroxyl groups is 1. The smallest absolute Gasteiger partial charge is 0.251 e. The first-order valence-electron chi connectivity index (χ1n) is 5.33. The van der Waals surface area contributed by atoms with Gasteiger partial charge in [-0.1, -0.05) is 6.92 Å². The van der Waals surface area contributed by atoms with Crippen molar-refractivity contribution in [2.45, 2.75) is 25.9 Å². The van der Waals surface area contributed by atoms with Gasteiger partial charge in [0.25, 0.3) is 5.56 Å². The summed E-state index contributed by atoms with van der Waals surface area (Å²) in [5.41, 5.74) is -0.236. The van der Waals surface area contributed by atoms with Gasteiger partial charge in [0.1, 0.15) is 6.54 Å². The number of hydrogen-bond acceptors (Lipinski definition) is 3. The van der Waals surface area contributed by atoms with Crippen molar-refractivity contribution in [1.29, 1.82) is 0 Å². The summed E-state index contributed by atoms with van der Waals surface area (Å²) in [6.07, 6.45) is 2.21. The molecule has 1 aromatic heterocycles. The first-order chi connectivity index (χ1) is 8.06. The van der Waals surface area contributed by atoms with Gasteiger partial charge in [-0.2, -0.15) is 0 Å². The van der Waals surface area contributed by atoms with Crippen LogP contribution in [0.5, 0.6) is 0 Å². The van der Waals surface area contributed by atoms with Gasteiger partial charge in [0, 0.05) is 16.7 Å². The Morgan fingerprint density at radius 3 is 2.88 bits per heavy atom. The second-order valence-corrected chi connectivity index (χ2v) is 4.58. The molecule has 5 nitrogen and oxygen atoms in total. The van der Waals surface area contributed by atoms with Gasteiger partial charge >= 0.3 is 0 Å². The molecule has 0 saturated carbocycles. The maximum atomic E-state index is 11.6. The number of carbonyl (C=O) groups excluding carboxylic acids is 1. The number of pyridine rings is 1. The van der Waals surface area contributed by atoms with Crippen LogP contribution < -0.4 is 10.9 Å². The Hall–Kier alpha value is -1.14. The van der Waals surface area contributed by atoms with Crippen LogP contribution in [-0.2, 0) is 11.3 Å². The lowest BCUT2D eigenvalue weighted by Crippen LogP contribution is -2.40. The van der Waals surface area contributed by atoms with Crippen molar-refractivity contribution in [3.63, 3.8) is 0 Å². The number of aliphatic hydroxyl groups excluding tert-OH is 1. The van der Waals surface area contributed by atoms with E-state index in [1.54, 1.807) is 12.3 Å². The van der Waals surface area contributed by atoms with E-state index in [2.05, 4.69) is 21.2 Å². The highest BCUT2D eigenvalue weighted by molar-refractivity contribution is 9.10. The van der Waals surface area contributed by atoms with Crippen molar-refractivity contribution < 1.29 is 9.90 Å². The van der Waals surface area contributed by atoms with Crippen molar-refractivity contribution in [3.8, 4) is 0 Å². The summed E-state index contributed by atoms with van der Waals surface area (Å²) in [5, 5.41) is 11.6. The molecule has 0 aliphatic carbocycles. The number of amides is 1. The topological polar surface area (TPSA) is 71.3 Å². The molecule has 0 aliphatic rings. The minimum absolute atomic E-state index is 0.0469. The van der Waals surface area contributed by atoms with Crippen LogP contribution in [0.1, 0.15) is 13.3 Å². The van der Waals surface area contributed by atoms with E-state index in [0.29, 0.717) is 6.42 Å². The monoisotopic (exact) mass is 302 g/mol. The molecular formula is C11H15BrN2O3. The van der Waals surface area contributed by atoms with Crippen molar-refractivity contribution in [3.05, 3.63) is 33.2 Å². The van der Waals surface area contributed by atoms with E-state index >= 15 is 0 Å². The van der Waals surface area contributed by atoms with Crippen LogP contribution in [0.2, 0.25) is 0 Å². The Bertz CT molecular complexity index is 441. The van der Waals surface area contributed by atoms with Gasteiger partial charge in [-0.25, -0.2) is 0 Å². The fraction of sp³-hybridized carbons (Fsp3) is 0.455. The summed E-state index contributed by atoms with van der Waals surface area (Å²) in [7, 11) is 0. The van der Waals surface area contributed by atoms with Gasteiger partial charge < -0.3 is 15.0 Å². The van der Waals surface area contributed by atoms with E-state index in [9.17, 15) is 9.59 Å². The van der Waals surface area contributed by atoms with Gasteiger partial charge in [-0.15, -0.1) is 0 Å². The molecule has 1 atom stereocenters. The first kappa shape index (κ1) is 13.9. The second kappa shape index (κ2) is 6.56. The van der Waals surface area contributed by atoms with Crippen LogP contribution in [0.4, 0.5) is 0 Å². The lowest BCUT2D eigenvalue weighted by molar-refractivity contribution is -0.122. The molecule has 1 rings (SSSR count). The average Bonchev–Trinajstić information content (AvgIpc) is 2.31. The Kier molecular flexibility index (Phi) is 5.37. The summed E-state index contributed by atoms with van der Waals surface area (Å²) in [5.74, 6) is -0.286. The predicted molar refractivity (Wildman–Crippen MR) is 67.7 cm³/mol. The van der Waals surface area contributed by atoms with Crippen LogP contribution in [0.3, 0.4) is 0 Å². The Labute approximate surface area is 108 Å². The fourth-order valence-electron chi connectivity index (χ4n) is 1.33. The van der Waals surface area contributed by atoms with Gasteiger partial charge in [0.2, 0.25) is 5.91 Å². The van der Waals surface area contributed by atoms with Crippen LogP contribution in [0.15, 0.2) is 27.6 Å². The molecule has 0 bridgehead atoms. The number of nitrogens with zero attached hydrogens (tertiary/aromatic N) is 1. The highest BCUT2D eigenvalue weighted by Crippen LogP contribution is 2.04. The fourth-order valence-corrected chi connectivity index (χ4v) is 1.71. The zero-order chi connectivity index (χ0) is 12.8. The molecule has 1 unspecified atom stereocenters. The van der Waals surface area contributed by atoms with Gasteiger partial charge in [-0.05, 0) is 28.4 Å². The third kappa shape index (κ3) is 4.32. The third-order valence-corrected chi connectivity index (χ3v) is 2.81. The Morgan fingerprint density at radius 1 is 1.59 bits per heavy atom. The van der Waals surface area contributed by atoms with E-state index in [4.69, 9.17) is 5.11 Å². The normalized spacial score (nSPS) is 12.2. The van der Waals surface area contributed by atoms with Crippen molar-refractivity contribution >= 4 is 21.8 Å². The SMILES string of the molecule is CCC(CO)NC(=O)Cn1cc(Br)ccc1=O. The molecule has 17 heavy (non-hydrogen) atoms. The lowest BCUT2D eigenvalue weighted by atomic mass is 10.2. The van der Waals surface area contributed by atoms with E-state index in [-0.39, 0.29) is 30.7 Å². The van der Waals surface area contributed by atoms with Gasteiger partial charge in [0.15, 0.2) is 0 Å². The zero-order valence-electron chi connectivity index (χ0n) is 9.52. The van der Waals surface area contributed by atoms with Crippen LogP contribution in [0.25, 0.3) is 0 Å². The minimum Gasteiger partial charge on any atom is -0.394 e. The summed E-state index contributed by atoms with van der Waals surface area (Å²) in [4.78, 5) is 23.1. The average molecular weight is 303 g/mol. The Balaban J connectivity index is 2.68. The van der Waals surface area contributed by atoms with Crippen LogP contribution in [0, 0.1) is 0 Å². The Morgan fingerprint density at radius 2 is 2.29 bits per heavy atom. The number of carbonyl (C=O) groups is 1. The van der Waals surface area contributed by atoms with Crippen LogP contribution in [-0.4, -0.2) is 28.2 Å².